The number of hydrogen-bond acceptors (Lipinski definition) is 2. The Bertz CT molecular complexity index is 511. The third-order valence-corrected chi connectivity index (χ3v) is 3.84. The van der Waals surface area contributed by atoms with E-state index in [-0.39, 0.29) is 15.7 Å². The molecule has 1 N–H and O–H groups in total. The normalized spacial score (nSPS) is 13.7. The van der Waals surface area contributed by atoms with Crippen molar-refractivity contribution in [3.05, 3.63) is 29.3 Å². The van der Waals surface area contributed by atoms with E-state index in [1.165, 1.54) is 0 Å². The summed E-state index contributed by atoms with van der Waals surface area (Å²) in [6.07, 6.45) is 0. The van der Waals surface area contributed by atoms with Crippen molar-refractivity contribution in [3.8, 4) is 0 Å². The molecule has 4 heteroatoms. The van der Waals surface area contributed by atoms with E-state index in [9.17, 15) is 13.0 Å². The van der Waals surface area contributed by atoms with Crippen LogP contribution >= 0.6 is 0 Å². The van der Waals surface area contributed by atoms with Crippen molar-refractivity contribution in [2.45, 2.75) is 57.3 Å². The molecule has 102 valence electrons. The molecule has 0 aliphatic rings. The van der Waals surface area contributed by atoms with Crippen LogP contribution in [-0.4, -0.2) is 13.0 Å². The maximum absolute atomic E-state index is 11.7. The van der Waals surface area contributed by atoms with Gasteiger partial charge in [-0.25, -0.2) is 0 Å². The monoisotopic (exact) mass is 270 g/mol. The highest BCUT2D eigenvalue weighted by Gasteiger charge is 2.31. The van der Waals surface area contributed by atoms with Crippen molar-refractivity contribution in [1.29, 1.82) is 0 Å². The number of benzene rings is 1. The highest BCUT2D eigenvalue weighted by molar-refractivity contribution is 7.86. The molecule has 18 heavy (non-hydrogen) atoms. The maximum Gasteiger partial charge on any atom is 0.295 e. The summed E-state index contributed by atoms with van der Waals surface area (Å²) in [5, 5.41) is 0. The zero-order chi connectivity index (χ0) is 14.4. The molecule has 1 aromatic carbocycles. The van der Waals surface area contributed by atoms with Crippen molar-refractivity contribution >= 4 is 10.1 Å². The lowest BCUT2D eigenvalue weighted by molar-refractivity contribution is 0.466. The molecule has 0 spiro atoms. The van der Waals surface area contributed by atoms with Crippen LogP contribution in [0.5, 0.6) is 0 Å². The third kappa shape index (κ3) is 3.12. The first-order valence-electron chi connectivity index (χ1n) is 5.96. The lowest BCUT2D eigenvalue weighted by atomic mass is 9.80. The Morgan fingerprint density at radius 2 is 1.22 bits per heavy atom. The minimum atomic E-state index is -4.23. The van der Waals surface area contributed by atoms with Gasteiger partial charge in [-0.1, -0.05) is 59.7 Å². The molecular formula is C14H22O3S. The van der Waals surface area contributed by atoms with E-state index in [1.807, 2.05) is 47.6 Å². The average Bonchev–Trinajstić information content (AvgIpc) is 2.12. The topological polar surface area (TPSA) is 54.4 Å². The first kappa shape index (κ1) is 15.2. The highest BCUT2D eigenvalue weighted by atomic mass is 32.2. The molecule has 3 nitrogen and oxygen atoms in total. The summed E-state index contributed by atoms with van der Waals surface area (Å²) in [5.41, 5.74) is 0.619. The third-order valence-electron chi connectivity index (χ3n) is 2.89. The number of hydrogen-bond donors (Lipinski definition) is 1. The first-order valence-corrected chi connectivity index (χ1v) is 7.40. The van der Waals surface area contributed by atoms with Crippen LogP contribution in [0.3, 0.4) is 0 Å². The number of rotatable bonds is 1. The van der Waals surface area contributed by atoms with Gasteiger partial charge in [0.15, 0.2) is 0 Å². The fourth-order valence-corrected chi connectivity index (χ4v) is 3.30. The SMILES string of the molecule is CC(C)(C)c1cccc(C(C)(C)C)c1S(=O)(=O)O. The Morgan fingerprint density at radius 3 is 1.44 bits per heavy atom. The average molecular weight is 270 g/mol. The molecule has 0 aliphatic heterocycles. The predicted octanol–water partition coefficient (Wildman–Crippen LogP) is 3.53. The van der Waals surface area contributed by atoms with E-state index >= 15 is 0 Å². The minimum absolute atomic E-state index is 0.0602. The van der Waals surface area contributed by atoms with Crippen molar-refractivity contribution in [2.75, 3.05) is 0 Å². The Morgan fingerprint density at radius 1 is 0.889 bits per heavy atom. The van der Waals surface area contributed by atoms with Gasteiger partial charge in [-0.05, 0) is 22.0 Å². The van der Waals surface area contributed by atoms with Gasteiger partial charge < -0.3 is 0 Å². The summed E-state index contributed by atoms with van der Waals surface area (Å²) in [5.74, 6) is 0. The van der Waals surface area contributed by atoms with Gasteiger partial charge in [0.05, 0.1) is 0 Å². The fourth-order valence-electron chi connectivity index (χ4n) is 2.00. The minimum Gasteiger partial charge on any atom is -0.282 e. The lowest BCUT2D eigenvalue weighted by Gasteiger charge is -2.28. The molecule has 0 saturated heterocycles. The maximum atomic E-state index is 11.7. The quantitative estimate of drug-likeness (QED) is 0.794. The van der Waals surface area contributed by atoms with Gasteiger partial charge in [-0.2, -0.15) is 8.42 Å². The van der Waals surface area contributed by atoms with Crippen LogP contribution in [0.2, 0.25) is 0 Å². The predicted molar refractivity (Wildman–Crippen MR) is 73.7 cm³/mol. The standard InChI is InChI=1S/C14H22O3S/c1-13(2,3)10-8-7-9-11(14(4,5)6)12(10)18(15,16)17/h7-9H,1-6H3,(H,15,16,17). The van der Waals surface area contributed by atoms with Gasteiger partial charge in [-0.3, -0.25) is 4.55 Å². The second-order valence-electron chi connectivity index (χ2n) is 6.66. The van der Waals surface area contributed by atoms with Crippen molar-refractivity contribution in [2.24, 2.45) is 0 Å². The van der Waals surface area contributed by atoms with E-state index in [2.05, 4.69) is 0 Å². The zero-order valence-electron chi connectivity index (χ0n) is 11.9. The van der Waals surface area contributed by atoms with Crippen LogP contribution in [0.4, 0.5) is 0 Å². The molecule has 1 rings (SSSR count). The van der Waals surface area contributed by atoms with E-state index in [0.717, 1.165) is 0 Å². The summed E-state index contributed by atoms with van der Waals surface area (Å²) in [4.78, 5) is 0.0602. The van der Waals surface area contributed by atoms with Gasteiger partial charge in [0.25, 0.3) is 10.1 Å². The second-order valence-corrected chi connectivity index (χ2v) is 8.02. The Hall–Kier alpha value is -0.870. The Balaban J connectivity index is 3.79. The molecule has 0 atom stereocenters. The molecule has 0 saturated carbocycles. The molecule has 0 amide bonds. The van der Waals surface area contributed by atoms with Crippen LogP contribution in [0.15, 0.2) is 23.1 Å². The summed E-state index contributed by atoms with van der Waals surface area (Å²) < 4.78 is 33.0. The van der Waals surface area contributed by atoms with Crippen LogP contribution in [0.25, 0.3) is 0 Å². The largest absolute Gasteiger partial charge is 0.295 e. The molecule has 0 bridgehead atoms. The molecule has 0 aromatic heterocycles. The van der Waals surface area contributed by atoms with E-state index in [1.54, 1.807) is 12.1 Å². The molecule has 0 unspecified atom stereocenters. The first-order chi connectivity index (χ1) is 7.85. The van der Waals surface area contributed by atoms with E-state index in [4.69, 9.17) is 0 Å². The summed E-state index contributed by atoms with van der Waals surface area (Å²) in [6.45, 7) is 11.6. The van der Waals surface area contributed by atoms with Gasteiger partial charge in [0, 0.05) is 0 Å². The molecular weight excluding hydrogens is 248 g/mol. The lowest BCUT2D eigenvalue weighted by Crippen LogP contribution is -2.23. The second kappa shape index (κ2) is 4.35. The van der Waals surface area contributed by atoms with Crippen molar-refractivity contribution in [3.63, 3.8) is 0 Å². The summed E-state index contributed by atoms with van der Waals surface area (Å²) >= 11 is 0. The van der Waals surface area contributed by atoms with Crippen LogP contribution < -0.4 is 0 Å². The fraction of sp³-hybridized carbons (Fsp3) is 0.571. The van der Waals surface area contributed by atoms with Crippen molar-refractivity contribution < 1.29 is 13.0 Å². The Labute approximate surface area is 110 Å². The smallest absolute Gasteiger partial charge is 0.282 e. The summed E-state index contributed by atoms with van der Waals surface area (Å²) in [6, 6.07) is 5.37. The van der Waals surface area contributed by atoms with Crippen molar-refractivity contribution in [1.82, 2.24) is 0 Å². The van der Waals surface area contributed by atoms with Gasteiger partial charge >= 0.3 is 0 Å². The van der Waals surface area contributed by atoms with E-state index in [0.29, 0.717) is 11.1 Å². The van der Waals surface area contributed by atoms with Crippen LogP contribution in [-0.2, 0) is 20.9 Å². The van der Waals surface area contributed by atoms with Crippen LogP contribution in [0, 0.1) is 0 Å². The van der Waals surface area contributed by atoms with Crippen LogP contribution in [0.1, 0.15) is 52.7 Å². The molecule has 0 heterocycles. The zero-order valence-corrected chi connectivity index (χ0v) is 12.7. The van der Waals surface area contributed by atoms with Gasteiger partial charge in [0.1, 0.15) is 4.90 Å². The Kier molecular flexibility index (Phi) is 3.67. The van der Waals surface area contributed by atoms with Gasteiger partial charge in [-0.15, -0.1) is 0 Å². The molecule has 1 aromatic rings. The van der Waals surface area contributed by atoms with Gasteiger partial charge in [0.2, 0.25) is 0 Å². The molecule has 0 aliphatic carbocycles. The van der Waals surface area contributed by atoms with E-state index < -0.39 is 10.1 Å². The summed E-state index contributed by atoms with van der Waals surface area (Å²) in [7, 11) is -4.23. The highest BCUT2D eigenvalue weighted by Crippen LogP contribution is 2.36. The molecule has 0 fully saturated rings. The molecule has 0 radical (unpaired) electrons.